The van der Waals surface area contributed by atoms with Crippen LogP contribution in [0.25, 0.3) is 0 Å². The van der Waals surface area contributed by atoms with Gasteiger partial charge in [-0.25, -0.2) is 0 Å². The van der Waals surface area contributed by atoms with E-state index in [0.717, 1.165) is 32.5 Å². The van der Waals surface area contributed by atoms with Gasteiger partial charge >= 0.3 is 0 Å². The molecule has 2 heterocycles. The molecule has 0 spiro atoms. The van der Waals surface area contributed by atoms with Crippen molar-refractivity contribution in [3.8, 4) is 0 Å². The smallest absolute Gasteiger partial charge is 0.227 e. The average Bonchev–Trinajstić information content (AvgIpc) is 2.88. The number of piperidine rings is 1. The van der Waals surface area contributed by atoms with Gasteiger partial charge in [0.15, 0.2) is 0 Å². The lowest BCUT2D eigenvalue weighted by atomic mass is 9.93. The molecule has 1 amide bonds. The maximum Gasteiger partial charge on any atom is 0.227 e. The molecule has 0 aliphatic carbocycles. The molecule has 1 aliphatic heterocycles. The number of nitrogens with one attached hydrogen (secondary N) is 2. The molecule has 0 radical (unpaired) electrons. The fraction of sp³-hybridized carbons (Fsp3) is 0.667. The van der Waals surface area contributed by atoms with Crippen LogP contribution in [-0.4, -0.2) is 34.9 Å². The van der Waals surface area contributed by atoms with Gasteiger partial charge in [0.05, 0.1) is 0 Å². The molecule has 0 atom stereocenters. The molecule has 106 valence electrons. The van der Waals surface area contributed by atoms with E-state index in [1.165, 1.54) is 5.56 Å². The van der Waals surface area contributed by atoms with Gasteiger partial charge in [0, 0.05) is 43.5 Å². The topological polar surface area (TPSA) is 48.1 Å². The number of nitrogens with zero attached hydrogens (tertiary/aromatic N) is 1. The standard InChI is InChI=1S/C15H25N3O/c1-15(2,3)14(19)18-8-5-13(6-9-18)17-11-12-4-7-16-10-12/h4,7,10,13,16-17H,5-6,8-9,11H2,1-3H3. The number of aromatic nitrogens is 1. The van der Waals surface area contributed by atoms with E-state index in [1.807, 2.05) is 38.1 Å². The van der Waals surface area contributed by atoms with Crippen molar-refractivity contribution in [1.29, 1.82) is 0 Å². The Kier molecular flexibility index (Phi) is 4.30. The predicted molar refractivity (Wildman–Crippen MR) is 76.7 cm³/mol. The van der Waals surface area contributed by atoms with Gasteiger partial charge < -0.3 is 15.2 Å². The van der Waals surface area contributed by atoms with Crippen LogP contribution >= 0.6 is 0 Å². The highest BCUT2D eigenvalue weighted by molar-refractivity contribution is 5.81. The molecule has 0 bridgehead atoms. The molecule has 1 saturated heterocycles. The lowest BCUT2D eigenvalue weighted by molar-refractivity contribution is -0.140. The Bertz CT molecular complexity index is 398. The summed E-state index contributed by atoms with van der Waals surface area (Å²) in [6, 6.07) is 2.62. The molecule has 4 nitrogen and oxygen atoms in total. The van der Waals surface area contributed by atoms with Crippen LogP contribution in [0.3, 0.4) is 0 Å². The van der Waals surface area contributed by atoms with Crippen molar-refractivity contribution in [2.75, 3.05) is 13.1 Å². The van der Waals surface area contributed by atoms with E-state index in [-0.39, 0.29) is 11.3 Å². The van der Waals surface area contributed by atoms with Crippen LogP contribution < -0.4 is 5.32 Å². The Balaban J connectivity index is 1.75. The van der Waals surface area contributed by atoms with Crippen molar-refractivity contribution in [3.63, 3.8) is 0 Å². The van der Waals surface area contributed by atoms with Gasteiger partial charge in [-0.2, -0.15) is 0 Å². The number of rotatable bonds is 3. The van der Waals surface area contributed by atoms with Crippen LogP contribution in [0.2, 0.25) is 0 Å². The van der Waals surface area contributed by atoms with E-state index in [1.54, 1.807) is 0 Å². The van der Waals surface area contributed by atoms with Crippen LogP contribution in [0, 0.1) is 5.41 Å². The average molecular weight is 263 g/mol. The second kappa shape index (κ2) is 5.78. The minimum absolute atomic E-state index is 0.259. The number of hydrogen-bond acceptors (Lipinski definition) is 2. The van der Waals surface area contributed by atoms with Crippen molar-refractivity contribution < 1.29 is 4.79 Å². The number of hydrogen-bond donors (Lipinski definition) is 2. The monoisotopic (exact) mass is 263 g/mol. The highest BCUT2D eigenvalue weighted by atomic mass is 16.2. The zero-order chi connectivity index (χ0) is 13.9. The Morgan fingerprint density at radius 2 is 2.11 bits per heavy atom. The Morgan fingerprint density at radius 1 is 1.42 bits per heavy atom. The van der Waals surface area contributed by atoms with Gasteiger partial charge in [-0.15, -0.1) is 0 Å². The van der Waals surface area contributed by atoms with Gasteiger partial charge in [0.25, 0.3) is 0 Å². The molecule has 4 heteroatoms. The van der Waals surface area contributed by atoms with Crippen LogP contribution in [0.5, 0.6) is 0 Å². The number of H-pyrrole nitrogens is 1. The van der Waals surface area contributed by atoms with E-state index < -0.39 is 0 Å². The second-order valence-corrected chi connectivity index (χ2v) is 6.42. The molecule has 19 heavy (non-hydrogen) atoms. The highest BCUT2D eigenvalue weighted by Gasteiger charge is 2.30. The number of amides is 1. The summed E-state index contributed by atoms with van der Waals surface area (Å²) in [6.45, 7) is 8.63. The summed E-state index contributed by atoms with van der Waals surface area (Å²) in [7, 11) is 0. The SMILES string of the molecule is CC(C)(C)C(=O)N1CCC(NCc2cc[nH]c2)CC1. The molecule has 2 N–H and O–H groups in total. The van der Waals surface area contributed by atoms with E-state index in [2.05, 4.69) is 16.4 Å². The maximum atomic E-state index is 12.2. The van der Waals surface area contributed by atoms with Crippen molar-refractivity contribution in [2.45, 2.75) is 46.2 Å². The Labute approximate surface area is 115 Å². The largest absolute Gasteiger partial charge is 0.367 e. The maximum absolute atomic E-state index is 12.2. The first-order valence-electron chi connectivity index (χ1n) is 7.11. The van der Waals surface area contributed by atoms with Crippen LogP contribution in [-0.2, 0) is 11.3 Å². The fourth-order valence-electron chi connectivity index (χ4n) is 2.49. The van der Waals surface area contributed by atoms with E-state index in [4.69, 9.17) is 0 Å². The summed E-state index contributed by atoms with van der Waals surface area (Å²) in [5, 5.41) is 3.56. The van der Waals surface area contributed by atoms with Gasteiger partial charge in [0.2, 0.25) is 5.91 Å². The molecule has 0 unspecified atom stereocenters. The quantitative estimate of drug-likeness (QED) is 0.878. The van der Waals surface area contributed by atoms with Crippen LogP contribution in [0.4, 0.5) is 0 Å². The summed E-state index contributed by atoms with van der Waals surface area (Å²) in [6.07, 6.45) is 6.06. The molecule has 0 aromatic carbocycles. The number of carbonyl (C=O) groups excluding carboxylic acids is 1. The third-order valence-corrected chi connectivity index (χ3v) is 3.68. The number of likely N-dealkylation sites (tertiary alicyclic amines) is 1. The zero-order valence-electron chi connectivity index (χ0n) is 12.2. The lowest BCUT2D eigenvalue weighted by Crippen LogP contribution is -2.48. The third kappa shape index (κ3) is 3.83. The first-order chi connectivity index (χ1) is 8.97. The first-order valence-corrected chi connectivity index (χ1v) is 7.11. The molecule has 1 fully saturated rings. The van der Waals surface area contributed by atoms with Gasteiger partial charge in [-0.05, 0) is 24.5 Å². The van der Waals surface area contributed by atoms with Crippen LogP contribution in [0.15, 0.2) is 18.5 Å². The zero-order valence-corrected chi connectivity index (χ0v) is 12.2. The summed E-state index contributed by atoms with van der Waals surface area (Å²) >= 11 is 0. The normalized spacial score (nSPS) is 17.7. The van der Waals surface area contributed by atoms with Crippen molar-refractivity contribution in [3.05, 3.63) is 24.0 Å². The van der Waals surface area contributed by atoms with Gasteiger partial charge in [-0.1, -0.05) is 20.8 Å². The highest BCUT2D eigenvalue weighted by Crippen LogP contribution is 2.21. The lowest BCUT2D eigenvalue weighted by Gasteiger charge is -2.36. The first kappa shape index (κ1) is 14.1. The van der Waals surface area contributed by atoms with Crippen molar-refractivity contribution in [1.82, 2.24) is 15.2 Å². The summed E-state index contributed by atoms with van der Waals surface area (Å²) in [5.74, 6) is 0.275. The van der Waals surface area contributed by atoms with E-state index >= 15 is 0 Å². The van der Waals surface area contributed by atoms with Crippen molar-refractivity contribution >= 4 is 5.91 Å². The molecular weight excluding hydrogens is 238 g/mol. The summed E-state index contributed by atoms with van der Waals surface area (Å²) in [5.41, 5.74) is 1.03. The molecule has 1 aromatic heterocycles. The molecule has 2 rings (SSSR count). The molecular formula is C15H25N3O. The minimum atomic E-state index is -0.259. The third-order valence-electron chi connectivity index (χ3n) is 3.68. The van der Waals surface area contributed by atoms with Gasteiger partial charge in [-0.3, -0.25) is 4.79 Å². The van der Waals surface area contributed by atoms with Crippen molar-refractivity contribution in [2.24, 2.45) is 5.41 Å². The Hall–Kier alpha value is -1.29. The summed E-state index contributed by atoms with van der Waals surface area (Å²) in [4.78, 5) is 17.2. The molecule has 1 aromatic rings. The Morgan fingerprint density at radius 3 is 2.63 bits per heavy atom. The van der Waals surface area contributed by atoms with Crippen LogP contribution in [0.1, 0.15) is 39.2 Å². The second-order valence-electron chi connectivity index (χ2n) is 6.42. The van der Waals surface area contributed by atoms with E-state index in [9.17, 15) is 4.79 Å². The summed E-state index contributed by atoms with van der Waals surface area (Å²) < 4.78 is 0. The predicted octanol–water partition coefficient (Wildman–Crippen LogP) is 2.14. The molecule has 0 saturated carbocycles. The van der Waals surface area contributed by atoms with Gasteiger partial charge in [0.1, 0.15) is 0 Å². The molecule has 1 aliphatic rings. The number of aromatic amines is 1. The minimum Gasteiger partial charge on any atom is -0.367 e. The van der Waals surface area contributed by atoms with E-state index in [0.29, 0.717) is 6.04 Å². The number of carbonyl (C=O) groups is 1. The fourth-order valence-corrected chi connectivity index (χ4v) is 2.49.